The Labute approximate surface area is 155 Å². The molecule has 0 aliphatic carbocycles. The number of rotatable bonds is 4. The monoisotopic (exact) mass is 367 g/mol. The number of amides is 1. The van der Waals surface area contributed by atoms with Crippen molar-refractivity contribution in [3.05, 3.63) is 66.2 Å². The molecule has 0 saturated carbocycles. The predicted octanol–water partition coefficient (Wildman–Crippen LogP) is 2.99. The fourth-order valence-electron chi connectivity index (χ4n) is 3.03. The van der Waals surface area contributed by atoms with Gasteiger partial charge in [0.1, 0.15) is 23.9 Å². The first-order chi connectivity index (χ1) is 13.1. The van der Waals surface area contributed by atoms with E-state index in [2.05, 4.69) is 5.10 Å². The molecule has 0 spiro atoms. The molecule has 7 heteroatoms. The number of carbonyl (C=O) groups excluding carboxylic acids is 1. The SMILES string of the molecule is COc1ccc2c(c1)N(C(=O)Cc1ccn(-c3ccc(F)cc3)n1)CCO2. The van der Waals surface area contributed by atoms with E-state index in [1.807, 2.05) is 0 Å². The number of fused-ring (bicyclic) bond motifs is 1. The molecule has 6 nitrogen and oxygen atoms in total. The van der Waals surface area contributed by atoms with E-state index in [4.69, 9.17) is 9.47 Å². The van der Waals surface area contributed by atoms with E-state index >= 15 is 0 Å². The van der Waals surface area contributed by atoms with E-state index < -0.39 is 0 Å². The van der Waals surface area contributed by atoms with Crippen LogP contribution in [-0.4, -0.2) is 35.9 Å². The van der Waals surface area contributed by atoms with E-state index in [9.17, 15) is 9.18 Å². The van der Waals surface area contributed by atoms with Crippen LogP contribution in [0.1, 0.15) is 5.69 Å². The van der Waals surface area contributed by atoms with Gasteiger partial charge in [-0.25, -0.2) is 9.07 Å². The third-order valence-electron chi connectivity index (χ3n) is 4.40. The fraction of sp³-hybridized carbons (Fsp3) is 0.200. The Morgan fingerprint density at radius 3 is 2.81 bits per heavy atom. The van der Waals surface area contributed by atoms with Gasteiger partial charge in [0, 0.05) is 12.3 Å². The molecule has 0 unspecified atom stereocenters. The highest BCUT2D eigenvalue weighted by Crippen LogP contribution is 2.35. The zero-order valence-electron chi connectivity index (χ0n) is 14.8. The molecule has 1 amide bonds. The van der Waals surface area contributed by atoms with Crippen LogP contribution in [0.15, 0.2) is 54.7 Å². The Morgan fingerprint density at radius 1 is 1.22 bits per heavy atom. The lowest BCUT2D eigenvalue weighted by Gasteiger charge is -2.29. The molecular formula is C20H18FN3O3. The second kappa shape index (κ2) is 7.11. The molecule has 2 heterocycles. The Morgan fingerprint density at radius 2 is 2.04 bits per heavy atom. The maximum atomic E-state index is 13.1. The highest BCUT2D eigenvalue weighted by molar-refractivity contribution is 5.96. The van der Waals surface area contributed by atoms with Crippen LogP contribution in [0.25, 0.3) is 5.69 Å². The van der Waals surface area contributed by atoms with Crippen LogP contribution in [0.5, 0.6) is 11.5 Å². The molecule has 0 N–H and O–H groups in total. The fourth-order valence-corrected chi connectivity index (χ4v) is 3.03. The van der Waals surface area contributed by atoms with Crippen molar-refractivity contribution in [2.75, 3.05) is 25.2 Å². The van der Waals surface area contributed by atoms with E-state index in [-0.39, 0.29) is 18.1 Å². The summed E-state index contributed by atoms with van der Waals surface area (Å²) < 4.78 is 25.6. The summed E-state index contributed by atoms with van der Waals surface area (Å²) in [5.41, 5.74) is 2.07. The van der Waals surface area contributed by atoms with Gasteiger partial charge in [-0.15, -0.1) is 0 Å². The highest BCUT2D eigenvalue weighted by atomic mass is 19.1. The van der Waals surface area contributed by atoms with Crippen molar-refractivity contribution < 1.29 is 18.7 Å². The standard InChI is InChI=1S/C20H18FN3O3/c1-26-17-6-7-19-18(13-17)23(10-11-27-19)20(25)12-15-8-9-24(22-15)16-4-2-14(21)3-5-16/h2-9,13H,10-12H2,1H3. The number of aromatic nitrogens is 2. The van der Waals surface area contributed by atoms with E-state index in [1.165, 1.54) is 12.1 Å². The van der Waals surface area contributed by atoms with Gasteiger partial charge in [-0.3, -0.25) is 4.79 Å². The normalized spacial score (nSPS) is 13.0. The van der Waals surface area contributed by atoms with Crippen molar-refractivity contribution in [2.45, 2.75) is 6.42 Å². The number of ether oxygens (including phenoxy) is 2. The minimum Gasteiger partial charge on any atom is -0.497 e. The summed E-state index contributed by atoms with van der Waals surface area (Å²) >= 11 is 0. The van der Waals surface area contributed by atoms with Crippen LogP contribution >= 0.6 is 0 Å². The lowest BCUT2D eigenvalue weighted by Crippen LogP contribution is -2.39. The van der Waals surface area contributed by atoms with Crippen LogP contribution in [-0.2, 0) is 11.2 Å². The summed E-state index contributed by atoms with van der Waals surface area (Å²) in [5, 5.41) is 4.43. The molecule has 4 rings (SSSR count). The Hall–Kier alpha value is -3.35. The number of hydrogen-bond acceptors (Lipinski definition) is 4. The maximum absolute atomic E-state index is 13.1. The van der Waals surface area contributed by atoms with E-state index in [0.717, 1.165) is 5.69 Å². The van der Waals surface area contributed by atoms with Gasteiger partial charge >= 0.3 is 0 Å². The molecule has 0 bridgehead atoms. The summed E-state index contributed by atoms with van der Waals surface area (Å²) in [6.07, 6.45) is 1.91. The van der Waals surface area contributed by atoms with Crippen molar-refractivity contribution in [3.63, 3.8) is 0 Å². The molecule has 1 aliphatic rings. The quantitative estimate of drug-likeness (QED) is 0.711. The molecule has 1 aliphatic heterocycles. The van der Waals surface area contributed by atoms with Crippen LogP contribution in [0.2, 0.25) is 0 Å². The number of halogens is 1. The highest BCUT2D eigenvalue weighted by Gasteiger charge is 2.25. The van der Waals surface area contributed by atoms with Gasteiger partial charge in [0.25, 0.3) is 0 Å². The predicted molar refractivity (Wildman–Crippen MR) is 98.1 cm³/mol. The largest absolute Gasteiger partial charge is 0.497 e. The minimum absolute atomic E-state index is 0.0721. The van der Waals surface area contributed by atoms with Crippen molar-refractivity contribution >= 4 is 11.6 Å². The second-order valence-corrected chi connectivity index (χ2v) is 6.13. The summed E-state index contributed by atoms with van der Waals surface area (Å²) in [7, 11) is 1.58. The van der Waals surface area contributed by atoms with Gasteiger partial charge < -0.3 is 14.4 Å². The van der Waals surface area contributed by atoms with Gasteiger partial charge in [0.05, 0.1) is 37.1 Å². The zero-order valence-corrected chi connectivity index (χ0v) is 14.8. The third kappa shape index (κ3) is 3.48. The minimum atomic E-state index is -0.303. The summed E-state index contributed by atoms with van der Waals surface area (Å²) in [4.78, 5) is 14.5. The van der Waals surface area contributed by atoms with Gasteiger partial charge in [-0.05, 0) is 42.5 Å². The summed E-state index contributed by atoms with van der Waals surface area (Å²) in [6, 6.07) is 13.2. The molecule has 138 valence electrons. The Balaban J connectivity index is 1.53. The maximum Gasteiger partial charge on any atom is 0.233 e. The van der Waals surface area contributed by atoms with Crippen molar-refractivity contribution in [1.82, 2.24) is 9.78 Å². The lowest BCUT2D eigenvalue weighted by molar-refractivity contribution is -0.118. The lowest BCUT2D eigenvalue weighted by atomic mass is 10.2. The topological polar surface area (TPSA) is 56.6 Å². The number of benzene rings is 2. The second-order valence-electron chi connectivity index (χ2n) is 6.13. The molecule has 0 saturated heterocycles. The van der Waals surface area contributed by atoms with Crippen molar-refractivity contribution in [3.8, 4) is 17.2 Å². The van der Waals surface area contributed by atoms with Gasteiger partial charge in [-0.2, -0.15) is 5.10 Å². The molecular weight excluding hydrogens is 349 g/mol. The molecule has 27 heavy (non-hydrogen) atoms. The summed E-state index contributed by atoms with van der Waals surface area (Å²) in [5.74, 6) is 0.949. The first-order valence-electron chi connectivity index (χ1n) is 8.56. The molecule has 0 fully saturated rings. The molecule has 0 radical (unpaired) electrons. The average molecular weight is 367 g/mol. The van der Waals surface area contributed by atoms with Crippen molar-refractivity contribution in [1.29, 1.82) is 0 Å². The van der Waals surface area contributed by atoms with Crippen molar-refractivity contribution in [2.24, 2.45) is 0 Å². The Bertz CT molecular complexity index is 969. The molecule has 0 atom stereocenters. The van der Waals surface area contributed by atoms with E-state index in [1.54, 1.807) is 59.3 Å². The first kappa shape index (κ1) is 17.1. The number of nitrogens with zero attached hydrogens (tertiary/aromatic N) is 3. The van der Waals surface area contributed by atoms with Gasteiger partial charge in [0.2, 0.25) is 5.91 Å². The summed E-state index contributed by atoms with van der Waals surface area (Å²) in [6.45, 7) is 0.909. The Kier molecular flexibility index (Phi) is 4.50. The number of carbonyl (C=O) groups is 1. The van der Waals surface area contributed by atoms with Crippen LogP contribution < -0.4 is 14.4 Å². The van der Waals surface area contributed by atoms with Gasteiger partial charge in [0.15, 0.2) is 0 Å². The average Bonchev–Trinajstić information content (AvgIpc) is 3.16. The number of methoxy groups -OCH3 is 1. The van der Waals surface area contributed by atoms with Crippen LogP contribution in [0, 0.1) is 5.82 Å². The molecule has 2 aromatic carbocycles. The van der Waals surface area contributed by atoms with E-state index in [0.29, 0.717) is 36.0 Å². The number of hydrogen-bond donors (Lipinski definition) is 0. The number of anilines is 1. The smallest absolute Gasteiger partial charge is 0.233 e. The molecule has 3 aromatic rings. The van der Waals surface area contributed by atoms with Gasteiger partial charge in [-0.1, -0.05) is 0 Å². The van der Waals surface area contributed by atoms with Crippen LogP contribution in [0.3, 0.4) is 0 Å². The third-order valence-corrected chi connectivity index (χ3v) is 4.40. The zero-order chi connectivity index (χ0) is 18.8. The van der Waals surface area contributed by atoms with Crippen LogP contribution in [0.4, 0.5) is 10.1 Å². The first-order valence-corrected chi connectivity index (χ1v) is 8.56. The molecule has 1 aromatic heterocycles.